The minimum Gasteiger partial charge on any atom is -0.378 e. The lowest BCUT2D eigenvalue weighted by molar-refractivity contribution is -0.132. The van der Waals surface area contributed by atoms with Crippen LogP contribution < -0.4 is 4.90 Å². The fourth-order valence-corrected chi connectivity index (χ4v) is 4.20. The van der Waals surface area contributed by atoms with Crippen molar-refractivity contribution in [3.8, 4) is 0 Å². The van der Waals surface area contributed by atoms with E-state index in [1.54, 1.807) is 0 Å². The van der Waals surface area contributed by atoms with Gasteiger partial charge in [-0.2, -0.15) is 0 Å². The molecule has 3 rings (SSSR count). The highest BCUT2D eigenvalue weighted by Crippen LogP contribution is 2.26. The van der Waals surface area contributed by atoms with Crippen LogP contribution in [-0.4, -0.2) is 85.6 Å². The number of anilines is 1. The molecule has 0 N–H and O–H groups in total. The number of carbonyl (C=O) groups excluding carboxylic acids is 2. The molecule has 1 aromatic carbocycles. The smallest absolute Gasteiger partial charge is 0.232 e. The average Bonchev–Trinajstić information content (AvgIpc) is 2.69. The van der Waals surface area contributed by atoms with Crippen molar-refractivity contribution < 1.29 is 14.3 Å². The number of hydrogen-bond donors (Lipinski definition) is 0. The second kappa shape index (κ2) is 9.48. The molecule has 8 heteroatoms. The SMILES string of the molecule is O=C(CSCC(=O)N1CCN(c2ccccc2Cl)CC1)N1CCOCC1. The summed E-state index contributed by atoms with van der Waals surface area (Å²) in [5.74, 6) is 0.895. The van der Waals surface area contributed by atoms with Crippen LogP contribution in [0.1, 0.15) is 0 Å². The highest BCUT2D eigenvalue weighted by atomic mass is 35.5. The molecule has 0 spiro atoms. The summed E-state index contributed by atoms with van der Waals surface area (Å²) < 4.78 is 5.25. The zero-order valence-electron chi connectivity index (χ0n) is 14.7. The van der Waals surface area contributed by atoms with E-state index in [1.807, 2.05) is 34.1 Å². The van der Waals surface area contributed by atoms with Gasteiger partial charge in [-0.15, -0.1) is 11.8 Å². The van der Waals surface area contributed by atoms with Gasteiger partial charge in [-0.1, -0.05) is 23.7 Å². The lowest BCUT2D eigenvalue weighted by atomic mass is 10.2. The van der Waals surface area contributed by atoms with Gasteiger partial charge < -0.3 is 19.4 Å². The average molecular weight is 398 g/mol. The predicted molar refractivity (Wildman–Crippen MR) is 105 cm³/mol. The zero-order chi connectivity index (χ0) is 18.4. The van der Waals surface area contributed by atoms with Gasteiger partial charge in [0.25, 0.3) is 0 Å². The molecule has 6 nitrogen and oxygen atoms in total. The van der Waals surface area contributed by atoms with Crippen molar-refractivity contribution in [2.24, 2.45) is 0 Å². The first-order valence-electron chi connectivity index (χ1n) is 8.85. The van der Waals surface area contributed by atoms with Crippen molar-refractivity contribution in [2.75, 3.05) is 68.9 Å². The van der Waals surface area contributed by atoms with Gasteiger partial charge in [-0.25, -0.2) is 0 Å². The molecule has 26 heavy (non-hydrogen) atoms. The molecule has 0 aliphatic carbocycles. The molecule has 1 aromatic rings. The lowest BCUT2D eigenvalue weighted by Crippen LogP contribution is -2.49. The van der Waals surface area contributed by atoms with Gasteiger partial charge in [0.2, 0.25) is 11.8 Å². The third-order valence-electron chi connectivity index (χ3n) is 4.64. The van der Waals surface area contributed by atoms with Gasteiger partial charge in [0.05, 0.1) is 35.4 Å². The second-order valence-corrected chi connectivity index (χ2v) is 7.70. The summed E-state index contributed by atoms with van der Waals surface area (Å²) in [6, 6.07) is 7.78. The van der Waals surface area contributed by atoms with Crippen LogP contribution in [0, 0.1) is 0 Å². The predicted octanol–water partition coefficient (Wildman–Crippen LogP) is 1.58. The molecule has 0 unspecified atom stereocenters. The summed E-state index contributed by atoms with van der Waals surface area (Å²) in [5, 5.41) is 0.740. The number of benzene rings is 1. The summed E-state index contributed by atoms with van der Waals surface area (Å²) in [4.78, 5) is 30.4. The lowest BCUT2D eigenvalue weighted by Gasteiger charge is -2.36. The van der Waals surface area contributed by atoms with Crippen molar-refractivity contribution >= 4 is 40.9 Å². The van der Waals surface area contributed by atoms with Gasteiger partial charge >= 0.3 is 0 Å². The maximum atomic E-state index is 12.4. The number of hydrogen-bond acceptors (Lipinski definition) is 5. The van der Waals surface area contributed by atoms with Gasteiger partial charge in [-0.3, -0.25) is 9.59 Å². The maximum Gasteiger partial charge on any atom is 0.232 e. The monoisotopic (exact) mass is 397 g/mol. The number of para-hydroxylation sites is 1. The maximum absolute atomic E-state index is 12.4. The molecule has 142 valence electrons. The Hall–Kier alpha value is -1.44. The molecular weight excluding hydrogens is 374 g/mol. The fraction of sp³-hybridized carbons (Fsp3) is 0.556. The van der Waals surface area contributed by atoms with Crippen molar-refractivity contribution in [3.63, 3.8) is 0 Å². The van der Waals surface area contributed by atoms with E-state index in [4.69, 9.17) is 16.3 Å². The standard InChI is InChI=1S/C18H24ClN3O3S/c19-15-3-1-2-4-16(15)20-5-7-21(8-6-20)17(23)13-26-14-18(24)22-9-11-25-12-10-22/h1-4H,5-14H2. The van der Waals surface area contributed by atoms with E-state index in [2.05, 4.69) is 4.90 Å². The Kier molecular flexibility index (Phi) is 7.05. The summed E-state index contributed by atoms with van der Waals surface area (Å²) in [7, 11) is 0. The Bertz CT molecular complexity index is 632. The molecule has 0 atom stereocenters. The van der Waals surface area contributed by atoms with Gasteiger partial charge in [0.15, 0.2) is 0 Å². The number of rotatable bonds is 5. The Morgan fingerprint density at radius 2 is 1.50 bits per heavy atom. The molecule has 2 heterocycles. The second-order valence-electron chi connectivity index (χ2n) is 6.31. The normalized spacial score (nSPS) is 18.1. The number of thioether (sulfide) groups is 1. The summed E-state index contributed by atoms with van der Waals surface area (Å²) in [5.41, 5.74) is 1.02. The molecule has 2 aliphatic heterocycles. The molecule has 0 aromatic heterocycles. The number of halogens is 1. The molecule has 2 fully saturated rings. The summed E-state index contributed by atoms with van der Waals surface area (Å²) in [6.07, 6.45) is 0. The van der Waals surface area contributed by atoms with E-state index >= 15 is 0 Å². The number of amides is 2. The first-order valence-corrected chi connectivity index (χ1v) is 10.4. The summed E-state index contributed by atoms with van der Waals surface area (Å²) in [6.45, 7) is 5.41. The Labute approximate surface area is 163 Å². The molecule has 2 saturated heterocycles. The molecule has 0 radical (unpaired) electrons. The Balaban J connectivity index is 1.38. The third kappa shape index (κ3) is 5.05. The molecular formula is C18H24ClN3O3S. The van der Waals surface area contributed by atoms with Crippen LogP contribution in [0.5, 0.6) is 0 Å². The van der Waals surface area contributed by atoms with E-state index in [1.165, 1.54) is 11.8 Å². The zero-order valence-corrected chi connectivity index (χ0v) is 16.3. The van der Waals surface area contributed by atoms with E-state index < -0.39 is 0 Å². The minimum absolute atomic E-state index is 0.0923. The first-order chi connectivity index (χ1) is 12.6. The summed E-state index contributed by atoms with van der Waals surface area (Å²) >= 11 is 7.65. The topological polar surface area (TPSA) is 53.1 Å². The number of carbonyl (C=O) groups is 2. The number of ether oxygens (including phenoxy) is 1. The molecule has 0 saturated carbocycles. The Morgan fingerprint density at radius 3 is 2.12 bits per heavy atom. The van der Waals surface area contributed by atoms with Crippen LogP contribution in [0.3, 0.4) is 0 Å². The van der Waals surface area contributed by atoms with E-state index in [9.17, 15) is 9.59 Å². The highest BCUT2D eigenvalue weighted by molar-refractivity contribution is 8.00. The van der Waals surface area contributed by atoms with Crippen LogP contribution in [0.2, 0.25) is 5.02 Å². The van der Waals surface area contributed by atoms with E-state index in [-0.39, 0.29) is 11.8 Å². The number of piperazine rings is 1. The van der Waals surface area contributed by atoms with Crippen molar-refractivity contribution in [1.29, 1.82) is 0 Å². The fourth-order valence-electron chi connectivity index (χ4n) is 3.13. The quantitative estimate of drug-likeness (QED) is 0.755. The molecule has 2 aliphatic rings. The molecule has 0 bridgehead atoms. The largest absolute Gasteiger partial charge is 0.378 e. The van der Waals surface area contributed by atoms with Crippen molar-refractivity contribution in [1.82, 2.24) is 9.80 Å². The van der Waals surface area contributed by atoms with Crippen LogP contribution in [0.25, 0.3) is 0 Å². The van der Waals surface area contributed by atoms with Gasteiger partial charge in [0, 0.05) is 39.3 Å². The minimum atomic E-state index is 0.0923. The van der Waals surface area contributed by atoms with Crippen LogP contribution >= 0.6 is 23.4 Å². The molecule has 2 amide bonds. The van der Waals surface area contributed by atoms with Crippen LogP contribution in [0.4, 0.5) is 5.69 Å². The van der Waals surface area contributed by atoms with E-state index in [0.717, 1.165) is 23.8 Å². The number of morpholine rings is 1. The third-order valence-corrected chi connectivity index (χ3v) is 5.86. The van der Waals surface area contributed by atoms with Crippen LogP contribution in [0.15, 0.2) is 24.3 Å². The van der Waals surface area contributed by atoms with Gasteiger partial charge in [0.1, 0.15) is 0 Å². The van der Waals surface area contributed by atoms with Crippen molar-refractivity contribution in [2.45, 2.75) is 0 Å². The Morgan fingerprint density at radius 1 is 0.923 bits per heavy atom. The number of nitrogens with zero attached hydrogens (tertiary/aromatic N) is 3. The van der Waals surface area contributed by atoms with Crippen LogP contribution in [-0.2, 0) is 14.3 Å². The first kappa shape index (κ1) is 19.3. The van der Waals surface area contributed by atoms with E-state index in [0.29, 0.717) is 50.9 Å². The highest BCUT2D eigenvalue weighted by Gasteiger charge is 2.23. The van der Waals surface area contributed by atoms with Crippen molar-refractivity contribution in [3.05, 3.63) is 29.3 Å². The van der Waals surface area contributed by atoms with Gasteiger partial charge in [-0.05, 0) is 12.1 Å².